The third-order valence-electron chi connectivity index (χ3n) is 7.39. The van der Waals surface area contributed by atoms with Gasteiger partial charge in [0.1, 0.15) is 0 Å². The van der Waals surface area contributed by atoms with Crippen LogP contribution in [0.4, 0.5) is 0 Å². The zero-order chi connectivity index (χ0) is 22.2. The number of carbonyl (C=O) groups is 1. The summed E-state index contributed by atoms with van der Waals surface area (Å²) in [5, 5.41) is 2.45. The van der Waals surface area contributed by atoms with E-state index in [2.05, 4.69) is 51.3 Å². The summed E-state index contributed by atoms with van der Waals surface area (Å²) in [4.78, 5) is 24.1. The Balaban J connectivity index is 1.15. The average molecular weight is 437 g/mol. The smallest absolute Gasteiger partial charge is 0.254 e. The van der Waals surface area contributed by atoms with Crippen molar-refractivity contribution in [2.45, 2.75) is 50.7 Å². The van der Waals surface area contributed by atoms with Crippen LogP contribution >= 0.6 is 0 Å². The minimum Gasteiger partial charge on any atom is -0.333 e. The summed E-state index contributed by atoms with van der Waals surface area (Å²) >= 11 is 0. The molecular formula is C28H28N4O. The molecule has 2 saturated heterocycles. The molecule has 2 unspecified atom stereocenters. The first kappa shape index (κ1) is 20.2. The van der Waals surface area contributed by atoms with E-state index in [9.17, 15) is 4.79 Å². The van der Waals surface area contributed by atoms with E-state index in [1.54, 1.807) is 6.20 Å². The Hall–Kier alpha value is -3.47. The van der Waals surface area contributed by atoms with Gasteiger partial charge in [0.2, 0.25) is 0 Å². The van der Waals surface area contributed by atoms with Crippen molar-refractivity contribution < 1.29 is 4.79 Å². The summed E-state index contributed by atoms with van der Waals surface area (Å²) in [7, 11) is 0. The van der Waals surface area contributed by atoms with Crippen LogP contribution in [-0.4, -0.2) is 37.4 Å². The first-order chi connectivity index (χ1) is 16.2. The SMILES string of the molecule is O=C(c1cccc(Cn2ccnc2)c1)N1C2CCC1CC(Cc1ccc3cnccc3c1)C2. The standard InChI is InChI=1S/C28H28N4O/c33-28(24-3-1-2-21(14-24)18-31-11-10-30-19-31)32-26-6-7-27(32)16-22(15-26)12-20-4-5-25-17-29-9-8-23(25)13-20/h1-5,8-11,13-14,17,19,22,26-27H,6-7,12,15-16,18H2. The summed E-state index contributed by atoms with van der Waals surface area (Å²) in [5.74, 6) is 0.838. The maximum atomic E-state index is 13.5. The quantitative estimate of drug-likeness (QED) is 0.437. The number of benzene rings is 2. The second-order valence-corrected chi connectivity index (χ2v) is 9.63. The van der Waals surface area contributed by atoms with E-state index in [0.717, 1.165) is 49.8 Å². The summed E-state index contributed by atoms with van der Waals surface area (Å²) in [6.07, 6.45) is 14.9. The number of rotatable bonds is 5. The zero-order valence-corrected chi connectivity index (χ0v) is 18.7. The lowest BCUT2D eigenvalue weighted by molar-refractivity contribution is 0.0524. The number of carbonyl (C=O) groups excluding carboxylic acids is 1. The van der Waals surface area contributed by atoms with E-state index in [4.69, 9.17) is 0 Å². The van der Waals surface area contributed by atoms with Crippen LogP contribution in [0.1, 0.15) is 47.2 Å². The van der Waals surface area contributed by atoms with E-state index < -0.39 is 0 Å². The van der Waals surface area contributed by atoms with E-state index in [-0.39, 0.29) is 5.91 Å². The summed E-state index contributed by atoms with van der Waals surface area (Å²) < 4.78 is 2.03. The maximum Gasteiger partial charge on any atom is 0.254 e. The summed E-state index contributed by atoms with van der Waals surface area (Å²) in [6.45, 7) is 0.734. The van der Waals surface area contributed by atoms with Gasteiger partial charge in [0.25, 0.3) is 5.91 Å². The number of aromatic nitrogens is 3. The van der Waals surface area contributed by atoms with Crippen LogP contribution < -0.4 is 0 Å². The van der Waals surface area contributed by atoms with Gasteiger partial charge in [-0.1, -0.05) is 30.3 Å². The molecule has 2 aliphatic heterocycles. The van der Waals surface area contributed by atoms with E-state index in [1.165, 1.54) is 16.3 Å². The van der Waals surface area contributed by atoms with E-state index in [1.807, 2.05) is 41.6 Å². The van der Waals surface area contributed by atoms with Gasteiger partial charge < -0.3 is 9.47 Å². The largest absolute Gasteiger partial charge is 0.333 e. The molecule has 2 fully saturated rings. The Morgan fingerprint density at radius 3 is 2.61 bits per heavy atom. The third kappa shape index (κ3) is 4.04. The van der Waals surface area contributed by atoms with Crippen LogP contribution in [0.5, 0.6) is 0 Å². The van der Waals surface area contributed by atoms with Crippen LogP contribution in [0.15, 0.2) is 79.6 Å². The number of nitrogens with zero attached hydrogens (tertiary/aromatic N) is 4. The molecular weight excluding hydrogens is 408 g/mol. The number of amides is 1. The van der Waals surface area contributed by atoms with Crippen molar-refractivity contribution in [2.24, 2.45) is 5.92 Å². The van der Waals surface area contributed by atoms with Gasteiger partial charge >= 0.3 is 0 Å². The van der Waals surface area contributed by atoms with Gasteiger partial charge in [0, 0.05) is 54.4 Å². The third-order valence-corrected chi connectivity index (χ3v) is 7.39. The van der Waals surface area contributed by atoms with Crippen molar-refractivity contribution in [3.63, 3.8) is 0 Å². The Morgan fingerprint density at radius 2 is 1.79 bits per heavy atom. The Bertz CT molecular complexity index is 1270. The summed E-state index contributed by atoms with van der Waals surface area (Å²) in [5.41, 5.74) is 3.34. The molecule has 166 valence electrons. The van der Waals surface area contributed by atoms with E-state index in [0.29, 0.717) is 18.0 Å². The molecule has 0 radical (unpaired) electrons. The average Bonchev–Trinajstić information content (AvgIpc) is 3.44. The molecule has 0 saturated carbocycles. The van der Waals surface area contributed by atoms with Crippen LogP contribution in [-0.2, 0) is 13.0 Å². The first-order valence-electron chi connectivity index (χ1n) is 11.9. The van der Waals surface area contributed by atoms with Gasteiger partial charge in [-0.25, -0.2) is 4.98 Å². The molecule has 0 N–H and O–H groups in total. The normalized spacial score (nSPS) is 22.1. The predicted molar refractivity (Wildman–Crippen MR) is 129 cm³/mol. The molecule has 6 rings (SSSR count). The number of fused-ring (bicyclic) bond motifs is 3. The molecule has 2 bridgehead atoms. The molecule has 4 heterocycles. The molecule has 33 heavy (non-hydrogen) atoms. The van der Waals surface area contributed by atoms with E-state index >= 15 is 0 Å². The highest BCUT2D eigenvalue weighted by molar-refractivity contribution is 5.95. The summed E-state index contributed by atoms with van der Waals surface area (Å²) in [6, 6.07) is 17.7. The monoisotopic (exact) mass is 436 g/mol. The fraction of sp³-hybridized carbons (Fsp3) is 0.321. The molecule has 2 atom stereocenters. The number of hydrogen-bond acceptors (Lipinski definition) is 3. The highest BCUT2D eigenvalue weighted by Crippen LogP contribution is 2.41. The molecule has 5 heteroatoms. The minimum absolute atomic E-state index is 0.201. The molecule has 2 aromatic carbocycles. The lowest BCUT2D eigenvalue weighted by atomic mass is 9.85. The Labute approximate surface area is 194 Å². The van der Waals surface area contributed by atoms with Gasteiger partial charge in [-0.15, -0.1) is 0 Å². The fourth-order valence-corrected chi connectivity index (χ4v) is 5.92. The van der Waals surface area contributed by atoms with Crippen molar-refractivity contribution in [1.29, 1.82) is 0 Å². The zero-order valence-electron chi connectivity index (χ0n) is 18.7. The van der Waals surface area contributed by atoms with Crippen molar-refractivity contribution in [1.82, 2.24) is 19.4 Å². The van der Waals surface area contributed by atoms with Gasteiger partial charge in [-0.3, -0.25) is 9.78 Å². The van der Waals surface area contributed by atoms with Crippen molar-refractivity contribution in [3.05, 3.63) is 96.3 Å². The van der Waals surface area contributed by atoms with Crippen molar-refractivity contribution in [2.75, 3.05) is 0 Å². The minimum atomic E-state index is 0.201. The lowest BCUT2D eigenvalue weighted by Gasteiger charge is -2.39. The number of hydrogen-bond donors (Lipinski definition) is 0. The number of imidazole rings is 1. The second kappa shape index (κ2) is 8.47. The Kier molecular flexibility index (Phi) is 5.17. The molecule has 4 aromatic rings. The second-order valence-electron chi connectivity index (χ2n) is 9.63. The van der Waals surface area contributed by atoms with Gasteiger partial charge in [0.15, 0.2) is 0 Å². The number of piperidine rings is 1. The first-order valence-corrected chi connectivity index (χ1v) is 11.9. The van der Waals surface area contributed by atoms with Gasteiger partial charge in [-0.05, 0) is 72.7 Å². The van der Waals surface area contributed by atoms with Crippen LogP contribution in [0.25, 0.3) is 10.8 Å². The molecule has 2 aromatic heterocycles. The fourth-order valence-electron chi connectivity index (χ4n) is 5.92. The molecule has 5 nitrogen and oxygen atoms in total. The molecule has 1 amide bonds. The van der Waals surface area contributed by atoms with Crippen LogP contribution in [0.2, 0.25) is 0 Å². The van der Waals surface area contributed by atoms with Crippen LogP contribution in [0, 0.1) is 5.92 Å². The van der Waals surface area contributed by atoms with Gasteiger partial charge in [-0.2, -0.15) is 0 Å². The molecule has 0 aliphatic carbocycles. The van der Waals surface area contributed by atoms with Crippen molar-refractivity contribution >= 4 is 16.7 Å². The number of pyridine rings is 1. The maximum absolute atomic E-state index is 13.5. The molecule has 0 spiro atoms. The van der Waals surface area contributed by atoms with Crippen LogP contribution in [0.3, 0.4) is 0 Å². The predicted octanol–water partition coefficient (Wildman–Crippen LogP) is 5.11. The highest BCUT2D eigenvalue weighted by atomic mass is 16.2. The topological polar surface area (TPSA) is 51.0 Å². The van der Waals surface area contributed by atoms with Gasteiger partial charge in [0.05, 0.1) is 6.33 Å². The highest BCUT2D eigenvalue weighted by Gasteiger charge is 2.43. The Morgan fingerprint density at radius 1 is 0.909 bits per heavy atom. The molecule has 2 aliphatic rings. The lowest BCUT2D eigenvalue weighted by Crippen LogP contribution is -2.46. The van der Waals surface area contributed by atoms with Crippen molar-refractivity contribution in [3.8, 4) is 0 Å².